The molecular formula is C16H29N5. The van der Waals surface area contributed by atoms with Crippen molar-refractivity contribution in [1.29, 1.82) is 0 Å². The van der Waals surface area contributed by atoms with E-state index in [0.29, 0.717) is 0 Å². The Morgan fingerprint density at radius 3 is 2.71 bits per heavy atom. The Morgan fingerprint density at radius 1 is 1.48 bits per heavy atom. The van der Waals surface area contributed by atoms with E-state index in [1.807, 2.05) is 24.9 Å². The average Bonchev–Trinajstić information content (AvgIpc) is 2.69. The van der Waals surface area contributed by atoms with Crippen molar-refractivity contribution in [2.75, 3.05) is 27.2 Å². The highest BCUT2D eigenvalue weighted by Gasteiger charge is 2.10. The molecule has 21 heavy (non-hydrogen) atoms. The fourth-order valence-electron chi connectivity index (χ4n) is 2.44. The van der Waals surface area contributed by atoms with Crippen LogP contribution in [-0.4, -0.2) is 47.8 Å². The number of hydrogen-bond donors (Lipinski definition) is 1. The molecule has 1 aromatic rings. The number of hydrogen-bond acceptors (Lipinski definition) is 2. The fourth-order valence-corrected chi connectivity index (χ4v) is 2.44. The smallest absolute Gasteiger partial charge is 0.193 e. The molecule has 0 spiro atoms. The molecule has 0 aliphatic carbocycles. The zero-order valence-corrected chi connectivity index (χ0v) is 14.1. The minimum Gasteiger partial charge on any atom is -0.356 e. The molecule has 1 aromatic heterocycles. The zero-order chi connectivity index (χ0) is 15.8. The Labute approximate surface area is 128 Å². The molecule has 0 bridgehead atoms. The standard InChI is InChI=1S/C16H29N5/c1-7-8-9-12-20(5)16(17-4)18-11-10-15-13(2)19-21(6)14(15)3/h7H,1,8-12H2,2-6H3,(H,17,18). The van der Waals surface area contributed by atoms with Crippen molar-refractivity contribution >= 4 is 5.96 Å². The predicted molar refractivity (Wildman–Crippen MR) is 89.8 cm³/mol. The second kappa shape index (κ2) is 8.49. The molecule has 0 saturated carbocycles. The van der Waals surface area contributed by atoms with Crippen LogP contribution < -0.4 is 5.32 Å². The van der Waals surface area contributed by atoms with E-state index in [0.717, 1.165) is 44.0 Å². The summed E-state index contributed by atoms with van der Waals surface area (Å²) in [6, 6.07) is 0. The third-order valence-electron chi connectivity index (χ3n) is 3.79. The van der Waals surface area contributed by atoms with Gasteiger partial charge in [-0.25, -0.2) is 0 Å². The number of rotatable bonds is 7. The number of guanidine groups is 1. The van der Waals surface area contributed by atoms with Crippen LogP contribution >= 0.6 is 0 Å². The normalized spacial score (nSPS) is 11.6. The number of nitrogens with zero attached hydrogens (tertiary/aromatic N) is 4. The van der Waals surface area contributed by atoms with Crippen LogP contribution in [0.2, 0.25) is 0 Å². The van der Waals surface area contributed by atoms with Crippen LogP contribution in [0, 0.1) is 13.8 Å². The minimum absolute atomic E-state index is 0.867. The molecular weight excluding hydrogens is 262 g/mol. The van der Waals surface area contributed by atoms with Gasteiger partial charge in [0.2, 0.25) is 0 Å². The van der Waals surface area contributed by atoms with Gasteiger partial charge in [-0.1, -0.05) is 6.08 Å². The number of aryl methyl sites for hydroxylation is 2. The molecule has 0 fully saturated rings. The van der Waals surface area contributed by atoms with Gasteiger partial charge in [-0.3, -0.25) is 9.67 Å². The second-order valence-corrected chi connectivity index (χ2v) is 5.35. The van der Waals surface area contributed by atoms with Crippen molar-refractivity contribution < 1.29 is 0 Å². The van der Waals surface area contributed by atoms with E-state index in [2.05, 4.69) is 47.8 Å². The van der Waals surface area contributed by atoms with Gasteiger partial charge in [0.1, 0.15) is 0 Å². The summed E-state index contributed by atoms with van der Waals surface area (Å²) in [6.45, 7) is 9.79. The summed E-state index contributed by atoms with van der Waals surface area (Å²) in [7, 11) is 5.89. The summed E-state index contributed by atoms with van der Waals surface area (Å²) in [5.74, 6) is 0.943. The Hall–Kier alpha value is -1.78. The zero-order valence-electron chi connectivity index (χ0n) is 14.1. The summed E-state index contributed by atoms with van der Waals surface area (Å²) < 4.78 is 1.95. The molecule has 1 rings (SSSR count). The summed E-state index contributed by atoms with van der Waals surface area (Å²) in [5.41, 5.74) is 3.68. The first-order valence-corrected chi connectivity index (χ1v) is 7.53. The van der Waals surface area contributed by atoms with Crippen LogP contribution in [0.3, 0.4) is 0 Å². The van der Waals surface area contributed by atoms with Gasteiger partial charge in [-0.15, -0.1) is 6.58 Å². The molecule has 0 aromatic carbocycles. The van der Waals surface area contributed by atoms with Gasteiger partial charge < -0.3 is 10.2 Å². The Kier molecular flexibility index (Phi) is 6.99. The molecule has 0 radical (unpaired) electrons. The van der Waals surface area contributed by atoms with E-state index in [-0.39, 0.29) is 0 Å². The van der Waals surface area contributed by atoms with Gasteiger partial charge in [-0.2, -0.15) is 5.10 Å². The largest absolute Gasteiger partial charge is 0.356 e. The van der Waals surface area contributed by atoms with E-state index in [1.165, 1.54) is 11.3 Å². The van der Waals surface area contributed by atoms with E-state index < -0.39 is 0 Å². The molecule has 1 heterocycles. The number of aromatic nitrogens is 2. The second-order valence-electron chi connectivity index (χ2n) is 5.35. The third-order valence-corrected chi connectivity index (χ3v) is 3.79. The maximum atomic E-state index is 4.45. The highest BCUT2D eigenvalue weighted by Crippen LogP contribution is 2.11. The van der Waals surface area contributed by atoms with E-state index >= 15 is 0 Å². The Balaban J connectivity index is 2.47. The molecule has 0 aliphatic rings. The lowest BCUT2D eigenvalue weighted by atomic mass is 10.1. The first-order valence-electron chi connectivity index (χ1n) is 7.53. The van der Waals surface area contributed by atoms with Crippen LogP contribution in [0.1, 0.15) is 29.8 Å². The van der Waals surface area contributed by atoms with Gasteiger partial charge >= 0.3 is 0 Å². The highest BCUT2D eigenvalue weighted by atomic mass is 15.3. The fraction of sp³-hybridized carbons (Fsp3) is 0.625. The van der Waals surface area contributed by atoms with Crippen molar-refractivity contribution in [1.82, 2.24) is 20.0 Å². The first-order chi connectivity index (χ1) is 10.0. The topological polar surface area (TPSA) is 45.4 Å². The molecule has 5 heteroatoms. The van der Waals surface area contributed by atoms with Crippen LogP contribution in [0.5, 0.6) is 0 Å². The Morgan fingerprint density at radius 2 is 2.19 bits per heavy atom. The molecule has 0 unspecified atom stereocenters. The lowest BCUT2D eigenvalue weighted by molar-refractivity contribution is 0.470. The summed E-state index contributed by atoms with van der Waals surface area (Å²) in [6.07, 6.45) is 5.06. The quantitative estimate of drug-likeness (QED) is 0.362. The van der Waals surface area contributed by atoms with Crippen molar-refractivity contribution in [2.24, 2.45) is 12.0 Å². The monoisotopic (exact) mass is 291 g/mol. The van der Waals surface area contributed by atoms with Crippen molar-refractivity contribution in [2.45, 2.75) is 33.1 Å². The van der Waals surface area contributed by atoms with Crippen molar-refractivity contribution in [3.05, 3.63) is 29.6 Å². The first kappa shape index (κ1) is 17.3. The predicted octanol–water partition coefficient (Wildman–Crippen LogP) is 2.05. The van der Waals surface area contributed by atoms with Crippen LogP contribution in [0.4, 0.5) is 0 Å². The van der Waals surface area contributed by atoms with Gasteiger partial charge in [0.25, 0.3) is 0 Å². The number of unbranched alkanes of at least 4 members (excludes halogenated alkanes) is 1. The summed E-state index contributed by atoms with van der Waals surface area (Å²) in [5, 5.41) is 7.87. The van der Waals surface area contributed by atoms with Gasteiger partial charge in [0.15, 0.2) is 5.96 Å². The summed E-state index contributed by atoms with van der Waals surface area (Å²) >= 11 is 0. The SMILES string of the molecule is C=CCCCN(C)C(=NC)NCCc1c(C)nn(C)c1C. The average molecular weight is 291 g/mol. The Bertz CT molecular complexity index is 487. The maximum absolute atomic E-state index is 4.45. The number of allylic oxidation sites excluding steroid dienone is 1. The van der Waals surface area contributed by atoms with Gasteiger partial charge in [0, 0.05) is 39.9 Å². The van der Waals surface area contributed by atoms with E-state index in [4.69, 9.17) is 0 Å². The summed E-state index contributed by atoms with van der Waals surface area (Å²) in [4.78, 5) is 6.49. The van der Waals surface area contributed by atoms with Crippen molar-refractivity contribution in [3.63, 3.8) is 0 Å². The molecule has 1 N–H and O–H groups in total. The van der Waals surface area contributed by atoms with Crippen LogP contribution in [0.25, 0.3) is 0 Å². The molecule has 0 atom stereocenters. The minimum atomic E-state index is 0.867. The molecule has 0 amide bonds. The van der Waals surface area contributed by atoms with Crippen molar-refractivity contribution in [3.8, 4) is 0 Å². The van der Waals surface area contributed by atoms with E-state index in [9.17, 15) is 0 Å². The molecule has 0 saturated heterocycles. The molecule has 0 aliphatic heterocycles. The molecule has 118 valence electrons. The van der Waals surface area contributed by atoms with Gasteiger partial charge in [-0.05, 0) is 38.7 Å². The molecule has 5 nitrogen and oxygen atoms in total. The van der Waals surface area contributed by atoms with Crippen LogP contribution in [0.15, 0.2) is 17.6 Å². The van der Waals surface area contributed by atoms with E-state index in [1.54, 1.807) is 0 Å². The maximum Gasteiger partial charge on any atom is 0.193 e. The third kappa shape index (κ3) is 4.92. The van der Waals surface area contributed by atoms with Gasteiger partial charge in [0.05, 0.1) is 5.69 Å². The number of nitrogens with one attached hydrogen (secondary N) is 1. The van der Waals surface area contributed by atoms with Crippen LogP contribution in [-0.2, 0) is 13.5 Å². The number of aliphatic imine (C=N–C) groups is 1. The highest BCUT2D eigenvalue weighted by molar-refractivity contribution is 5.79. The lowest BCUT2D eigenvalue weighted by Gasteiger charge is -2.21. The lowest BCUT2D eigenvalue weighted by Crippen LogP contribution is -2.40.